The van der Waals surface area contributed by atoms with Crippen molar-refractivity contribution in [1.29, 1.82) is 0 Å². The average Bonchev–Trinajstić information content (AvgIpc) is 3.04. The first-order valence-corrected chi connectivity index (χ1v) is 11.0. The zero-order chi connectivity index (χ0) is 21.7. The van der Waals surface area contributed by atoms with Crippen molar-refractivity contribution in [2.45, 2.75) is 33.1 Å². The van der Waals surface area contributed by atoms with Crippen LogP contribution in [0.4, 0.5) is 9.39 Å². The van der Waals surface area contributed by atoms with Crippen molar-refractivity contribution >= 4 is 51.6 Å². The third kappa shape index (κ3) is 5.52. The summed E-state index contributed by atoms with van der Waals surface area (Å²) in [6.07, 6.45) is 5.63. The Morgan fingerprint density at radius 1 is 1.33 bits per heavy atom. The lowest BCUT2D eigenvalue weighted by Crippen LogP contribution is -2.33. The molecule has 0 radical (unpaired) electrons. The lowest BCUT2D eigenvalue weighted by molar-refractivity contribution is -0.115. The van der Waals surface area contributed by atoms with Crippen molar-refractivity contribution in [2.75, 3.05) is 11.9 Å². The molecule has 0 spiro atoms. The molecule has 1 aromatic carbocycles. The minimum Gasteiger partial charge on any atom is -0.462 e. The van der Waals surface area contributed by atoms with E-state index >= 15 is 0 Å². The molecule has 1 aliphatic carbocycles. The first-order valence-electron chi connectivity index (χ1n) is 9.74. The van der Waals surface area contributed by atoms with E-state index in [4.69, 9.17) is 17.0 Å². The summed E-state index contributed by atoms with van der Waals surface area (Å²) in [5.41, 5.74) is 2.22. The molecule has 8 heteroatoms. The fourth-order valence-electron chi connectivity index (χ4n) is 3.29. The van der Waals surface area contributed by atoms with Crippen LogP contribution in [0.25, 0.3) is 6.08 Å². The minimum atomic E-state index is -0.426. The van der Waals surface area contributed by atoms with Crippen LogP contribution in [0.1, 0.15) is 46.6 Å². The van der Waals surface area contributed by atoms with Crippen molar-refractivity contribution in [3.8, 4) is 0 Å². The maximum absolute atomic E-state index is 12.9. The van der Waals surface area contributed by atoms with Crippen LogP contribution in [-0.4, -0.2) is 23.6 Å². The van der Waals surface area contributed by atoms with Gasteiger partial charge in [0.05, 0.1) is 12.2 Å². The molecule has 0 bridgehead atoms. The Labute approximate surface area is 184 Å². The Hall–Kier alpha value is -2.58. The number of rotatable bonds is 5. The van der Waals surface area contributed by atoms with Crippen molar-refractivity contribution in [1.82, 2.24) is 5.32 Å². The van der Waals surface area contributed by atoms with E-state index in [1.54, 1.807) is 25.1 Å². The van der Waals surface area contributed by atoms with Gasteiger partial charge in [0.2, 0.25) is 5.91 Å². The van der Waals surface area contributed by atoms with Gasteiger partial charge in [0.1, 0.15) is 10.8 Å². The minimum absolute atomic E-state index is 0.0981. The van der Waals surface area contributed by atoms with E-state index in [-0.39, 0.29) is 23.5 Å². The second-order valence-electron chi connectivity index (χ2n) is 7.10. The smallest absolute Gasteiger partial charge is 0.341 e. The normalized spacial score (nSPS) is 15.5. The van der Waals surface area contributed by atoms with Gasteiger partial charge in [0.15, 0.2) is 5.11 Å². The Kier molecular flexibility index (Phi) is 7.33. The molecular weight excluding hydrogens is 423 g/mol. The molecule has 0 saturated carbocycles. The van der Waals surface area contributed by atoms with Gasteiger partial charge >= 0.3 is 5.97 Å². The standard InChI is InChI=1S/C22H23FN2O3S2/c1-3-28-21(27)19-16-10-4-13(2)12-17(16)30-20(19)25-22(29)24-18(26)11-7-14-5-8-15(23)9-6-14/h5-9,11,13H,3-4,10,12H2,1-2H3,(H2,24,25,26,29). The molecule has 5 nitrogen and oxygen atoms in total. The molecule has 158 valence electrons. The molecule has 3 rings (SSSR count). The third-order valence-corrected chi connectivity index (χ3v) is 6.13. The van der Waals surface area contributed by atoms with Crippen LogP contribution in [0.2, 0.25) is 0 Å². The van der Waals surface area contributed by atoms with Crippen molar-refractivity contribution in [2.24, 2.45) is 5.92 Å². The van der Waals surface area contributed by atoms with Crippen LogP contribution in [0.3, 0.4) is 0 Å². The van der Waals surface area contributed by atoms with Gasteiger partial charge in [-0.2, -0.15) is 0 Å². The second kappa shape index (κ2) is 9.95. The van der Waals surface area contributed by atoms with Gasteiger partial charge in [-0.05, 0) is 73.7 Å². The van der Waals surface area contributed by atoms with Gasteiger partial charge in [0, 0.05) is 11.0 Å². The summed E-state index contributed by atoms with van der Waals surface area (Å²) in [5, 5.41) is 6.26. The number of halogens is 1. The monoisotopic (exact) mass is 446 g/mol. The fourth-order valence-corrected chi connectivity index (χ4v) is 4.96. The van der Waals surface area contributed by atoms with Crippen LogP contribution in [0.15, 0.2) is 30.3 Å². The highest BCUT2D eigenvalue weighted by atomic mass is 32.1. The summed E-state index contributed by atoms with van der Waals surface area (Å²) in [5.74, 6) is -0.587. The van der Waals surface area contributed by atoms with E-state index in [1.165, 1.54) is 29.5 Å². The summed E-state index contributed by atoms with van der Waals surface area (Å²) >= 11 is 6.75. The van der Waals surface area contributed by atoms with Gasteiger partial charge in [-0.1, -0.05) is 19.1 Å². The van der Waals surface area contributed by atoms with Crippen molar-refractivity contribution in [3.05, 3.63) is 57.7 Å². The third-order valence-electron chi connectivity index (χ3n) is 4.75. The number of nitrogens with one attached hydrogen (secondary N) is 2. The molecule has 1 aromatic heterocycles. The highest BCUT2D eigenvalue weighted by molar-refractivity contribution is 7.80. The van der Waals surface area contributed by atoms with E-state index < -0.39 is 5.91 Å². The summed E-state index contributed by atoms with van der Waals surface area (Å²) in [6.45, 7) is 4.25. The van der Waals surface area contributed by atoms with Crippen molar-refractivity contribution < 1.29 is 18.7 Å². The van der Waals surface area contributed by atoms with E-state index in [0.717, 1.165) is 29.7 Å². The number of ether oxygens (including phenoxy) is 1. The number of hydrogen-bond donors (Lipinski definition) is 2. The molecule has 0 saturated heterocycles. The molecular formula is C22H23FN2O3S2. The number of anilines is 1. The van der Waals surface area contributed by atoms with Crippen LogP contribution in [-0.2, 0) is 22.4 Å². The van der Waals surface area contributed by atoms with E-state index in [9.17, 15) is 14.0 Å². The predicted molar refractivity (Wildman–Crippen MR) is 121 cm³/mol. The summed E-state index contributed by atoms with van der Waals surface area (Å²) in [6, 6.07) is 5.77. The number of esters is 1. The number of thiophene rings is 1. The second-order valence-corrected chi connectivity index (χ2v) is 8.62. The number of amides is 1. The first kappa shape index (κ1) is 22.1. The zero-order valence-electron chi connectivity index (χ0n) is 16.8. The summed E-state index contributed by atoms with van der Waals surface area (Å²) < 4.78 is 18.2. The molecule has 1 atom stereocenters. The van der Waals surface area contributed by atoms with Crippen LogP contribution < -0.4 is 10.6 Å². The quantitative estimate of drug-likeness (QED) is 0.395. The summed E-state index contributed by atoms with van der Waals surface area (Å²) in [7, 11) is 0. The lowest BCUT2D eigenvalue weighted by Gasteiger charge is -2.18. The number of carbonyl (C=O) groups is 2. The van der Waals surface area contributed by atoms with E-state index in [1.807, 2.05) is 0 Å². The lowest BCUT2D eigenvalue weighted by atomic mass is 9.88. The SMILES string of the molecule is CCOC(=O)c1c(NC(=S)NC(=O)C=Cc2ccc(F)cc2)sc2c1CCC(C)C2. The topological polar surface area (TPSA) is 67.4 Å². The zero-order valence-corrected chi connectivity index (χ0v) is 18.4. The largest absolute Gasteiger partial charge is 0.462 e. The van der Waals surface area contributed by atoms with Crippen molar-refractivity contribution in [3.63, 3.8) is 0 Å². The number of hydrogen-bond acceptors (Lipinski definition) is 5. The molecule has 30 heavy (non-hydrogen) atoms. The van der Waals surface area contributed by atoms with Crippen LogP contribution in [0, 0.1) is 11.7 Å². The molecule has 0 fully saturated rings. The molecule has 1 heterocycles. The maximum atomic E-state index is 12.9. The number of fused-ring (bicyclic) bond motifs is 1. The highest BCUT2D eigenvalue weighted by Crippen LogP contribution is 2.40. The summed E-state index contributed by atoms with van der Waals surface area (Å²) in [4.78, 5) is 25.9. The molecule has 0 aliphatic heterocycles. The van der Waals surface area contributed by atoms with Crippen LogP contribution in [0.5, 0.6) is 0 Å². The average molecular weight is 447 g/mol. The maximum Gasteiger partial charge on any atom is 0.341 e. The molecule has 1 amide bonds. The van der Waals surface area contributed by atoms with Crippen LogP contribution >= 0.6 is 23.6 Å². The number of thiocarbonyl (C=S) groups is 1. The molecule has 1 unspecified atom stereocenters. The Morgan fingerprint density at radius 3 is 2.77 bits per heavy atom. The Morgan fingerprint density at radius 2 is 2.07 bits per heavy atom. The van der Waals surface area contributed by atoms with Gasteiger partial charge < -0.3 is 10.1 Å². The molecule has 2 N–H and O–H groups in total. The predicted octanol–water partition coefficient (Wildman–Crippen LogP) is 4.72. The van der Waals surface area contributed by atoms with E-state index in [0.29, 0.717) is 22.0 Å². The van der Waals surface area contributed by atoms with Gasteiger partial charge in [-0.25, -0.2) is 9.18 Å². The van der Waals surface area contributed by atoms with E-state index in [2.05, 4.69) is 17.6 Å². The Bertz CT molecular complexity index is 983. The fraction of sp³-hybridized carbons (Fsp3) is 0.318. The molecule has 2 aromatic rings. The first-order chi connectivity index (χ1) is 14.4. The Balaban J connectivity index is 1.70. The molecule has 1 aliphatic rings. The van der Waals surface area contributed by atoms with Gasteiger partial charge in [0.25, 0.3) is 0 Å². The van der Waals surface area contributed by atoms with Gasteiger partial charge in [-0.3, -0.25) is 10.1 Å². The number of carbonyl (C=O) groups excluding carboxylic acids is 2. The number of benzene rings is 1. The van der Waals surface area contributed by atoms with Gasteiger partial charge in [-0.15, -0.1) is 11.3 Å². The highest BCUT2D eigenvalue weighted by Gasteiger charge is 2.28.